The molecule has 5 nitrogen and oxygen atoms in total. The van der Waals surface area contributed by atoms with Crippen molar-refractivity contribution in [2.45, 2.75) is 25.8 Å². The van der Waals surface area contributed by atoms with Crippen LogP contribution in [0.5, 0.6) is 0 Å². The average molecular weight is 275 g/mol. The lowest BCUT2D eigenvalue weighted by atomic mass is 10.1. The van der Waals surface area contributed by atoms with E-state index in [0.29, 0.717) is 6.04 Å². The predicted octanol–water partition coefficient (Wildman–Crippen LogP) is 2.75. The fraction of sp³-hybridized carbons (Fsp3) is 0.462. The van der Waals surface area contributed by atoms with Gasteiger partial charge in [0.05, 0.1) is 11.7 Å². The van der Waals surface area contributed by atoms with E-state index in [1.165, 1.54) is 12.8 Å². The minimum absolute atomic E-state index is 0.415. The van der Waals surface area contributed by atoms with E-state index in [0.717, 1.165) is 29.0 Å². The highest BCUT2D eigenvalue weighted by atomic mass is 32.1. The van der Waals surface area contributed by atoms with Gasteiger partial charge in [0.2, 0.25) is 0 Å². The molecule has 1 aliphatic rings. The first-order chi connectivity index (χ1) is 9.22. The van der Waals surface area contributed by atoms with Crippen molar-refractivity contribution in [1.82, 2.24) is 19.9 Å². The number of nitrogens with one attached hydrogen (secondary N) is 1. The van der Waals surface area contributed by atoms with Gasteiger partial charge in [-0.2, -0.15) is 0 Å². The molecule has 1 aliphatic heterocycles. The van der Waals surface area contributed by atoms with Crippen molar-refractivity contribution >= 4 is 22.3 Å². The Morgan fingerprint density at radius 2 is 2.32 bits per heavy atom. The zero-order valence-electron chi connectivity index (χ0n) is 11.1. The van der Waals surface area contributed by atoms with Gasteiger partial charge in [-0.3, -0.25) is 4.90 Å². The van der Waals surface area contributed by atoms with Crippen molar-refractivity contribution in [3.63, 3.8) is 0 Å². The Kier molecular flexibility index (Phi) is 3.44. The van der Waals surface area contributed by atoms with Gasteiger partial charge in [-0.1, -0.05) is 0 Å². The van der Waals surface area contributed by atoms with Crippen molar-refractivity contribution in [2.24, 2.45) is 0 Å². The molecule has 6 heteroatoms. The summed E-state index contributed by atoms with van der Waals surface area (Å²) in [6, 6.07) is 2.46. The van der Waals surface area contributed by atoms with Gasteiger partial charge in [0.25, 0.3) is 0 Å². The molecule has 3 rings (SSSR count). The van der Waals surface area contributed by atoms with Crippen LogP contribution in [0.3, 0.4) is 0 Å². The maximum absolute atomic E-state index is 4.59. The molecule has 19 heavy (non-hydrogen) atoms. The normalized spacial score (nSPS) is 19.8. The molecular formula is C13H17N5S. The molecule has 0 radical (unpaired) electrons. The second-order valence-corrected chi connectivity index (χ2v) is 5.72. The summed E-state index contributed by atoms with van der Waals surface area (Å²) in [5, 5.41) is 6.05. The van der Waals surface area contributed by atoms with Crippen molar-refractivity contribution in [3.8, 4) is 0 Å². The van der Waals surface area contributed by atoms with Crippen molar-refractivity contribution in [2.75, 3.05) is 18.9 Å². The monoisotopic (exact) mass is 275 g/mol. The Balaban J connectivity index is 1.87. The Bertz CT molecular complexity index is 554. The molecule has 0 spiro atoms. The first-order valence-electron chi connectivity index (χ1n) is 6.45. The van der Waals surface area contributed by atoms with Crippen LogP contribution in [0.25, 0.3) is 0 Å². The van der Waals surface area contributed by atoms with Crippen LogP contribution >= 0.6 is 11.3 Å². The van der Waals surface area contributed by atoms with Crippen LogP contribution in [0.2, 0.25) is 0 Å². The molecule has 2 aromatic heterocycles. The lowest BCUT2D eigenvalue weighted by molar-refractivity contribution is 0.311. The standard InChI is InChI=1S/C13H17N5S/c1-9-15-10(11-4-3-6-18(11)2)8-12(16-9)17-13-14-5-7-19-13/h5,7-8,11H,3-4,6H2,1-2H3,(H,14,15,16,17)/t11-/m0/s1. The lowest BCUT2D eigenvalue weighted by Gasteiger charge is -2.19. The van der Waals surface area contributed by atoms with Gasteiger partial charge in [0.15, 0.2) is 5.13 Å². The summed E-state index contributed by atoms with van der Waals surface area (Å²) in [6.07, 6.45) is 4.19. The molecule has 3 heterocycles. The molecule has 0 aliphatic carbocycles. The Hall–Kier alpha value is -1.53. The third-order valence-corrected chi connectivity index (χ3v) is 4.08. The molecule has 1 N–H and O–H groups in total. The van der Waals surface area contributed by atoms with Gasteiger partial charge in [-0.25, -0.2) is 15.0 Å². The highest BCUT2D eigenvalue weighted by molar-refractivity contribution is 7.13. The number of likely N-dealkylation sites (tertiary alicyclic amines) is 1. The van der Waals surface area contributed by atoms with Gasteiger partial charge in [-0.05, 0) is 33.4 Å². The van der Waals surface area contributed by atoms with Crippen LogP contribution in [0.15, 0.2) is 17.6 Å². The number of aromatic nitrogens is 3. The predicted molar refractivity (Wildman–Crippen MR) is 76.8 cm³/mol. The van der Waals surface area contributed by atoms with E-state index in [1.807, 2.05) is 18.4 Å². The smallest absolute Gasteiger partial charge is 0.188 e. The van der Waals surface area contributed by atoms with E-state index < -0.39 is 0 Å². The first-order valence-corrected chi connectivity index (χ1v) is 7.32. The van der Waals surface area contributed by atoms with Crippen LogP contribution in [-0.2, 0) is 0 Å². The highest BCUT2D eigenvalue weighted by Crippen LogP contribution is 2.30. The summed E-state index contributed by atoms with van der Waals surface area (Å²) < 4.78 is 0. The number of thiazole rings is 1. The number of hydrogen-bond donors (Lipinski definition) is 1. The van der Waals surface area contributed by atoms with E-state index in [9.17, 15) is 0 Å². The van der Waals surface area contributed by atoms with Gasteiger partial charge in [-0.15, -0.1) is 11.3 Å². The third-order valence-electron chi connectivity index (χ3n) is 3.39. The number of anilines is 2. The zero-order chi connectivity index (χ0) is 13.2. The maximum atomic E-state index is 4.59. The Labute approximate surface area is 116 Å². The molecule has 100 valence electrons. The lowest BCUT2D eigenvalue weighted by Crippen LogP contribution is -2.19. The number of rotatable bonds is 3. The summed E-state index contributed by atoms with van der Waals surface area (Å²) in [4.78, 5) is 15.6. The molecule has 0 aromatic carbocycles. The molecule has 1 atom stereocenters. The van der Waals surface area contributed by atoms with E-state index in [2.05, 4.69) is 32.2 Å². The minimum Gasteiger partial charge on any atom is -0.316 e. The summed E-state index contributed by atoms with van der Waals surface area (Å²) >= 11 is 1.57. The Morgan fingerprint density at radius 1 is 1.42 bits per heavy atom. The van der Waals surface area contributed by atoms with Crippen LogP contribution in [-0.4, -0.2) is 33.4 Å². The molecule has 2 aromatic rings. The first kappa shape index (κ1) is 12.5. The Morgan fingerprint density at radius 3 is 3.00 bits per heavy atom. The largest absolute Gasteiger partial charge is 0.316 e. The number of nitrogens with zero attached hydrogens (tertiary/aromatic N) is 4. The van der Waals surface area contributed by atoms with Crippen LogP contribution in [0, 0.1) is 6.92 Å². The SMILES string of the molecule is Cc1nc(Nc2nccs2)cc([C@@H]2CCCN2C)n1. The van der Waals surface area contributed by atoms with Crippen LogP contribution in [0.4, 0.5) is 10.9 Å². The number of hydrogen-bond acceptors (Lipinski definition) is 6. The third kappa shape index (κ3) is 2.74. The summed E-state index contributed by atoms with van der Waals surface area (Å²) in [6.45, 7) is 3.08. The second-order valence-electron chi connectivity index (χ2n) is 4.83. The molecule has 1 fully saturated rings. The van der Waals surface area contributed by atoms with Crippen LogP contribution < -0.4 is 5.32 Å². The van der Waals surface area contributed by atoms with E-state index in [1.54, 1.807) is 17.5 Å². The quantitative estimate of drug-likeness (QED) is 0.933. The summed E-state index contributed by atoms with van der Waals surface area (Å²) in [5.41, 5.74) is 1.10. The van der Waals surface area contributed by atoms with Crippen molar-refractivity contribution < 1.29 is 0 Å². The fourth-order valence-electron chi connectivity index (χ4n) is 2.50. The van der Waals surface area contributed by atoms with Gasteiger partial charge >= 0.3 is 0 Å². The topological polar surface area (TPSA) is 53.9 Å². The molecule has 0 bridgehead atoms. The second kappa shape index (κ2) is 5.22. The van der Waals surface area contributed by atoms with Crippen molar-refractivity contribution in [1.29, 1.82) is 0 Å². The number of aryl methyl sites for hydroxylation is 1. The van der Waals surface area contributed by atoms with E-state index in [-0.39, 0.29) is 0 Å². The van der Waals surface area contributed by atoms with E-state index in [4.69, 9.17) is 0 Å². The molecule has 0 saturated carbocycles. The average Bonchev–Trinajstić information content (AvgIpc) is 2.99. The molecule has 1 saturated heterocycles. The molecule has 0 unspecified atom stereocenters. The van der Waals surface area contributed by atoms with Crippen molar-refractivity contribution in [3.05, 3.63) is 29.2 Å². The minimum atomic E-state index is 0.415. The molecule has 0 amide bonds. The maximum Gasteiger partial charge on any atom is 0.188 e. The summed E-state index contributed by atoms with van der Waals surface area (Å²) in [5.74, 6) is 1.63. The zero-order valence-corrected chi connectivity index (χ0v) is 11.9. The summed E-state index contributed by atoms with van der Waals surface area (Å²) in [7, 11) is 2.16. The van der Waals surface area contributed by atoms with E-state index >= 15 is 0 Å². The van der Waals surface area contributed by atoms with Gasteiger partial charge in [0.1, 0.15) is 11.6 Å². The fourth-order valence-corrected chi connectivity index (χ4v) is 3.04. The van der Waals surface area contributed by atoms with Gasteiger partial charge < -0.3 is 5.32 Å². The van der Waals surface area contributed by atoms with Crippen LogP contribution in [0.1, 0.15) is 30.4 Å². The van der Waals surface area contributed by atoms with Gasteiger partial charge in [0, 0.05) is 17.6 Å². The molecular weight excluding hydrogens is 258 g/mol. The highest BCUT2D eigenvalue weighted by Gasteiger charge is 2.24.